The molecule has 2 heterocycles. The molecule has 2 aromatic rings. The first kappa shape index (κ1) is 15.0. The summed E-state index contributed by atoms with van der Waals surface area (Å²) in [6.07, 6.45) is 2.70. The second-order valence-corrected chi connectivity index (χ2v) is 6.56. The van der Waals surface area contributed by atoms with Crippen molar-refractivity contribution in [3.8, 4) is 11.5 Å². The molecule has 0 saturated heterocycles. The van der Waals surface area contributed by atoms with Crippen molar-refractivity contribution >= 4 is 15.9 Å². The van der Waals surface area contributed by atoms with Crippen LogP contribution in [0.5, 0.6) is 0 Å². The van der Waals surface area contributed by atoms with Crippen molar-refractivity contribution in [1.82, 2.24) is 19.7 Å². The molecule has 0 atom stereocenters. The highest BCUT2D eigenvalue weighted by Gasteiger charge is 2.23. The molecule has 0 aliphatic rings. The summed E-state index contributed by atoms with van der Waals surface area (Å²) in [4.78, 5) is 19.5. The van der Waals surface area contributed by atoms with Crippen LogP contribution < -0.4 is 5.56 Å². The summed E-state index contributed by atoms with van der Waals surface area (Å²) in [5.41, 5.74) is 1.21. The molecular weight excluding hydrogens is 320 g/mol. The van der Waals surface area contributed by atoms with E-state index < -0.39 is 0 Å². The zero-order chi connectivity index (χ0) is 14.9. The van der Waals surface area contributed by atoms with E-state index in [0.717, 1.165) is 24.4 Å². The SMILES string of the molecule is CCCn1nccc1-c1nc(C(C)(C)C)c(Br)c(=O)[nH]1. The molecule has 0 fully saturated rings. The van der Waals surface area contributed by atoms with Gasteiger partial charge in [-0.15, -0.1) is 0 Å². The average Bonchev–Trinajstić information content (AvgIpc) is 2.79. The number of hydrogen-bond acceptors (Lipinski definition) is 3. The Morgan fingerprint density at radius 2 is 2.10 bits per heavy atom. The molecule has 0 spiro atoms. The van der Waals surface area contributed by atoms with E-state index in [0.29, 0.717) is 10.3 Å². The normalized spacial score (nSPS) is 11.8. The van der Waals surface area contributed by atoms with Gasteiger partial charge in [0.2, 0.25) is 0 Å². The van der Waals surface area contributed by atoms with Crippen molar-refractivity contribution < 1.29 is 0 Å². The van der Waals surface area contributed by atoms with E-state index in [-0.39, 0.29) is 11.0 Å². The fraction of sp³-hybridized carbons (Fsp3) is 0.500. The molecule has 0 amide bonds. The number of aromatic nitrogens is 4. The second-order valence-electron chi connectivity index (χ2n) is 5.77. The number of H-pyrrole nitrogens is 1. The van der Waals surface area contributed by atoms with Gasteiger partial charge in [-0.1, -0.05) is 27.7 Å². The largest absolute Gasteiger partial charge is 0.304 e. The van der Waals surface area contributed by atoms with Crippen molar-refractivity contribution in [3.05, 3.63) is 32.8 Å². The zero-order valence-corrected chi connectivity index (χ0v) is 13.8. The number of rotatable bonds is 3. The van der Waals surface area contributed by atoms with Gasteiger partial charge in [-0.2, -0.15) is 5.10 Å². The molecule has 2 aromatic heterocycles. The Labute approximate surface area is 126 Å². The highest BCUT2D eigenvalue weighted by molar-refractivity contribution is 9.10. The number of hydrogen-bond donors (Lipinski definition) is 1. The van der Waals surface area contributed by atoms with Gasteiger partial charge in [0, 0.05) is 18.2 Å². The van der Waals surface area contributed by atoms with Gasteiger partial charge in [0.25, 0.3) is 5.56 Å². The lowest BCUT2D eigenvalue weighted by atomic mass is 9.92. The Kier molecular flexibility index (Phi) is 4.13. The summed E-state index contributed by atoms with van der Waals surface area (Å²) < 4.78 is 2.36. The molecule has 20 heavy (non-hydrogen) atoms. The lowest BCUT2D eigenvalue weighted by Crippen LogP contribution is -2.22. The predicted molar refractivity (Wildman–Crippen MR) is 82.8 cm³/mol. The van der Waals surface area contributed by atoms with Crippen LogP contribution in [0.15, 0.2) is 21.5 Å². The molecule has 0 aliphatic heterocycles. The van der Waals surface area contributed by atoms with E-state index in [9.17, 15) is 4.79 Å². The Balaban J connectivity index is 2.61. The van der Waals surface area contributed by atoms with Crippen LogP contribution in [-0.4, -0.2) is 19.7 Å². The van der Waals surface area contributed by atoms with Gasteiger partial charge in [0.15, 0.2) is 5.82 Å². The number of nitrogens with zero attached hydrogens (tertiary/aromatic N) is 3. The van der Waals surface area contributed by atoms with E-state index >= 15 is 0 Å². The first-order valence-corrected chi connectivity index (χ1v) is 7.46. The smallest absolute Gasteiger partial charge is 0.265 e. The van der Waals surface area contributed by atoms with Crippen LogP contribution in [0.3, 0.4) is 0 Å². The quantitative estimate of drug-likeness (QED) is 0.935. The molecule has 0 radical (unpaired) electrons. The van der Waals surface area contributed by atoms with Crippen LogP contribution in [0.4, 0.5) is 0 Å². The topological polar surface area (TPSA) is 63.6 Å². The van der Waals surface area contributed by atoms with E-state index in [1.54, 1.807) is 6.20 Å². The maximum atomic E-state index is 12.1. The molecule has 0 saturated carbocycles. The van der Waals surface area contributed by atoms with Gasteiger partial charge in [-0.3, -0.25) is 9.48 Å². The van der Waals surface area contributed by atoms with E-state index in [4.69, 9.17) is 0 Å². The average molecular weight is 339 g/mol. The van der Waals surface area contributed by atoms with Gasteiger partial charge < -0.3 is 4.98 Å². The van der Waals surface area contributed by atoms with Gasteiger partial charge in [-0.05, 0) is 28.4 Å². The summed E-state index contributed by atoms with van der Waals surface area (Å²) in [5, 5.41) is 4.27. The minimum Gasteiger partial charge on any atom is -0.304 e. The molecule has 5 nitrogen and oxygen atoms in total. The maximum Gasteiger partial charge on any atom is 0.265 e. The molecule has 0 unspecified atom stereocenters. The lowest BCUT2D eigenvalue weighted by molar-refractivity contribution is 0.560. The monoisotopic (exact) mass is 338 g/mol. The van der Waals surface area contributed by atoms with E-state index in [1.165, 1.54) is 0 Å². The Hall–Kier alpha value is -1.43. The number of halogens is 1. The molecule has 6 heteroatoms. The molecule has 0 aliphatic carbocycles. The van der Waals surface area contributed by atoms with Crippen molar-refractivity contribution in [1.29, 1.82) is 0 Å². The van der Waals surface area contributed by atoms with Crippen LogP contribution in [0, 0.1) is 0 Å². The highest BCUT2D eigenvalue weighted by atomic mass is 79.9. The zero-order valence-electron chi connectivity index (χ0n) is 12.2. The summed E-state index contributed by atoms with van der Waals surface area (Å²) in [6.45, 7) is 8.99. The van der Waals surface area contributed by atoms with E-state index in [1.807, 2.05) is 31.5 Å². The van der Waals surface area contributed by atoms with Gasteiger partial charge in [-0.25, -0.2) is 4.98 Å². The molecule has 1 N–H and O–H groups in total. The number of aryl methyl sites for hydroxylation is 1. The second kappa shape index (κ2) is 5.52. The van der Waals surface area contributed by atoms with Gasteiger partial charge in [0.1, 0.15) is 10.2 Å². The summed E-state index contributed by atoms with van der Waals surface area (Å²) in [7, 11) is 0. The Bertz CT molecular complexity index is 667. The predicted octanol–water partition coefficient (Wildman–Crippen LogP) is 3.10. The van der Waals surface area contributed by atoms with Crippen molar-refractivity contribution in [3.63, 3.8) is 0 Å². The van der Waals surface area contributed by atoms with Crippen LogP contribution in [0.2, 0.25) is 0 Å². The third kappa shape index (κ3) is 2.85. The molecule has 0 bridgehead atoms. The van der Waals surface area contributed by atoms with Gasteiger partial charge >= 0.3 is 0 Å². The highest BCUT2D eigenvalue weighted by Crippen LogP contribution is 2.27. The minimum atomic E-state index is -0.211. The maximum absolute atomic E-state index is 12.1. The first-order chi connectivity index (χ1) is 9.34. The number of aromatic amines is 1. The molecule has 2 rings (SSSR count). The van der Waals surface area contributed by atoms with Crippen LogP contribution >= 0.6 is 15.9 Å². The molecule has 0 aromatic carbocycles. The third-order valence-corrected chi connectivity index (χ3v) is 3.70. The summed E-state index contributed by atoms with van der Waals surface area (Å²) in [6, 6.07) is 1.87. The molecule has 108 valence electrons. The molecular formula is C14H19BrN4O. The first-order valence-electron chi connectivity index (χ1n) is 6.67. The van der Waals surface area contributed by atoms with Crippen molar-refractivity contribution in [2.75, 3.05) is 0 Å². The fourth-order valence-corrected chi connectivity index (χ4v) is 2.78. The number of nitrogens with one attached hydrogen (secondary N) is 1. The van der Waals surface area contributed by atoms with Gasteiger partial charge in [0.05, 0.1) is 5.69 Å². The van der Waals surface area contributed by atoms with Crippen LogP contribution in [-0.2, 0) is 12.0 Å². The van der Waals surface area contributed by atoms with Crippen LogP contribution in [0.25, 0.3) is 11.5 Å². The third-order valence-electron chi connectivity index (χ3n) is 2.97. The standard InChI is InChI=1S/C14H19BrN4O/c1-5-8-19-9(6-7-16-19)12-17-11(14(2,3)4)10(15)13(20)18-12/h6-7H,5,8H2,1-4H3,(H,17,18,20). The Morgan fingerprint density at radius 1 is 1.40 bits per heavy atom. The van der Waals surface area contributed by atoms with Crippen LogP contribution in [0.1, 0.15) is 39.8 Å². The Morgan fingerprint density at radius 3 is 2.70 bits per heavy atom. The summed E-state index contributed by atoms with van der Waals surface area (Å²) >= 11 is 3.33. The minimum absolute atomic E-state index is 0.163. The van der Waals surface area contributed by atoms with Crippen molar-refractivity contribution in [2.24, 2.45) is 0 Å². The fourth-order valence-electron chi connectivity index (χ4n) is 2.00. The lowest BCUT2D eigenvalue weighted by Gasteiger charge is -2.19. The van der Waals surface area contributed by atoms with Crippen molar-refractivity contribution in [2.45, 2.75) is 46.1 Å². The van der Waals surface area contributed by atoms with E-state index in [2.05, 4.69) is 37.9 Å². The summed E-state index contributed by atoms with van der Waals surface area (Å²) in [5.74, 6) is 0.564.